The zero-order chi connectivity index (χ0) is 6.53. The lowest BCUT2D eigenvalue weighted by Crippen LogP contribution is -2.17. The minimum absolute atomic E-state index is 0.313. The summed E-state index contributed by atoms with van der Waals surface area (Å²) >= 11 is 0. The minimum atomic E-state index is 0.313. The second kappa shape index (κ2) is 3.82. The van der Waals surface area contributed by atoms with Crippen LogP contribution in [0.2, 0.25) is 0 Å². The quantitative estimate of drug-likeness (QED) is 0.574. The van der Waals surface area contributed by atoms with Crippen LogP contribution in [0.3, 0.4) is 0 Å². The third-order valence-electron chi connectivity index (χ3n) is 1.36. The number of nitrogens with two attached hydrogens (primary N) is 1. The standard InChI is InChI=1S/C6H13NO2/c7-2-4-9-6-1-3-8-5-6/h6H,1-5,7H2. The van der Waals surface area contributed by atoms with Crippen molar-refractivity contribution in [2.45, 2.75) is 12.5 Å². The molecule has 1 atom stereocenters. The summed E-state index contributed by atoms with van der Waals surface area (Å²) in [6, 6.07) is 0. The van der Waals surface area contributed by atoms with Crippen molar-refractivity contribution in [2.24, 2.45) is 5.73 Å². The second-order valence-electron chi connectivity index (χ2n) is 2.15. The molecule has 1 heterocycles. The van der Waals surface area contributed by atoms with Crippen LogP contribution in [0.25, 0.3) is 0 Å². The van der Waals surface area contributed by atoms with Crippen molar-refractivity contribution in [1.82, 2.24) is 0 Å². The highest BCUT2D eigenvalue weighted by Crippen LogP contribution is 2.06. The largest absolute Gasteiger partial charge is 0.379 e. The van der Waals surface area contributed by atoms with E-state index in [0.29, 0.717) is 19.3 Å². The van der Waals surface area contributed by atoms with Gasteiger partial charge in [0.05, 0.1) is 19.3 Å². The first-order chi connectivity index (χ1) is 4.43. The molecule has 2 N–H and O–H groups in total. The SMILES string of the molecule is NCCOC1CCOC1. The molecule has 0 aliphatic carbocycles. The molecule has 0 aromatic carbocycles. The molecule has 1 unspecified atom stereocenters. The van der Waals surface area contributed by atoms with E-state index in [1.165, 1.54) is 0 Å². The van der Waals surface area contributed by atoms with Crippen molar-refractivity contribution in [1.29, 1.82) is 0 Å². The van der Waals surface area contributed by atoms with E-state index in [2.05, 4.69) is 0 Å². The first-order valence-electron chi connectivity index (χ1n) is 3.33. The summed E-state index contributed by atoms with van der Waals surface area (Å²) in [4.78, 5) is 0. The fraction of sp³-hybridized carbons (Fsp3) is 1.00. The van der Waals surface area contributed by atoms with E-state index in [1.807, 2.05) is 0 Å². The Morgan fingerprint density at radius 2 is 2.56 bits per heavy atom. The van der Waals surface area contributed by atoms with E-state index in [-0.39, 0.29) is 0 Å². The van der Waals surface area contributed by atoms with Crippen LogP contribution < -0.4 is 5.73 Å². The predicted octanol–water partition coefficient (Wildman–Crippen LogP) is -0.249. The lowest BCUT2D eigenvalue weighted by molar-refractivity contribution is 0.0475. The molecule has 0 aromatic rings. The van der Waals surface area contributed by atoms with E-state index >= 15 is 0 Å². The number of rotatable bonds is 3. The Labute approximate surface area is 55.1 Å². The van der Waals surface area contributed by atoms with Crippen LogP contribution in [0.15, 0.2) is 0 Å². The van der Waals surface area contributed by atoms with E-state index in [1.54, 1.807) is 0 Å². The summed E-state index contributed by atoms with van der Waals surface area (Å²) in [7, 11) is 0. The molecular formula is C6H13NO2. The summed E-state index contributed by atoms with van der Waals surface area (Å²) in [6.07, 6.45) is 1.34. The molecule has 0 spiro atoms. The van der Waals surface area contributed by atoms with Gasteiger partial charge in [-0.1, -0.05) is 0 Å². The molecule has 54 valence electrons. The zero-order valence-corrected chi connectivity index (χ0v) is 5.51. The third kappa shape index (κ3) is 2.30. The maximum atomic E-state index is 5.30. The molecule has 3 heteroatoms. The van der Waals surface area contributed by atoms with Crippen molar-refractivity contribution in [2.75, 3.05) is 26.4 Å². The van der Waals surface area contributed by atoms with E-state index in [9.17, 15) is 0 Å². The molecule has 1 saturated heterocycles. The van der Waals surface area contributed by atoms with Gasteiger partial charge in [-0.3, -0.25) is 0 Å². The summed E-state index contributed by atoms with van der Waals surface area (Å²) < 4.78 is 10.4. The van der Waals surface area contributed by atoms with Gasteiger partial charge in [-0.05, 0) is 6.42 Å². The lowest BCUT2D eigenvalue weighted by Gasteiger charge is -2.06. The van der Waals surface area contributed by atoms with Gasteiger partial charge >= 0.3 is 0 Å². The van der Waals surface area contributed by atoms with Crippen LogP contribution in [0, 0.1) is 0 Å². The smallest absolute Gasteiger partial charge is 0.0831 e. The Morgan fingerprint density at radius 3 is 3.11 bits per heavy atom. The highest BCUT2D eigenvalue weighted by Gasteiger charge is 2.14. The average molecular weight is 131 g/mol. The molecule has 9 heavy (non-hydrogen) atoms. The van der Waals surface area contributed by atoms with Crippen molar-refractivity contribution in [3.8, 4) is 0 Å². The third-order valence-corrected chi connectivity index (χ3v) is 1.36. The Kier molecular flexibility index (Phi) is 2.97. The van der Waals surface area contributed by atoms with Gasteiger partial charge in [0.25, 0.3) is 0 Å². The molecule has 0 amide bonds. The topological polar surface area (TPSA) is 44.5 Å². The zero-order valence-electron chi connectivity index (χ0n) is 5.51. The molecule has 1 aliphatic rings. The van der Waals surface area contributed by atoms with Crippen molar-refractivity contribution >= 4 is 0 Å². The monoisotopic (exact) mass is 131 g/mol. The fourth-order valence-corrected chi connectivity index (χ4v) is 0.879. The van der Waals surface area contributed by atoms with E-state index in [0.717, 1.165) is 19.6 Å². The van der Waals surface area contributed by atoms with Crippen LogP contribution in [-0.4, -0.2) is 32.5 Å². The van der Waals surface area contributed by atoms with E-state index < -0.39 is 0 Å². The molecule has 3 nitrogen and oxygen atoms in total. The van der Waals surface area contributed by atoms with Gasteiger partial charge in [0.15, 0.2) is 0 Å². The summed E-state index contributed by atoms with van der Waals surface area (Å²) in [6.45, 7) is 2.86. The maximum Gasteiger partial charge on any atom is 0.0831 e. The van der Waals surface area contributed by atoms with Gasteiger partial charge in [-0.2, -0.15) is 0 Å². The molecule has 1 fully saturated rings. The molecule has 0 radical (unpaired) electrons. The summed E-state index contributed by atoms with van der Waals surface area (Å²) in [5.41, 5.74) is 5.24. The van der Waals surface area contributed by atoms with Gasteiger partial charge in [-0.25, -0.2) is 0 Å². The van der Waals surface area contributed by atoms with Gasteiger partial charge < -0.3 is 15.2 Å². The minimum Gasteiger partial charge on any atom is -0.379 e. The number of hydrogen-bond donors (Lipinski definition) is 1. The molecule has 1 aliphatic heterocycles. The predicted molar refractivity (Wildman–Crippen MR) is 34.2 cm³/mol. The van der Waals surface area contributed by atoms with Crippen LogP contribution in [0.1, 0.15) is 6.42 Å². The van der Waals surface area contributed by atoms with Crippen molar-refractivity contribution in [3.05, 3.63) is 0 Å². The van der Waals surface area contributed by atoms with Gasteiger partial charge in [0.1, 0.15) is 0 Å². The van der Waals surface area contributed by atoms with E-state index in [4.69, 9.17) is 15.2 Å². The fourth-order valence-electron chi connectivity index (χ4n) is 0.879. The van der Waals surface area contributed by atoms with Crippen LogP contribution in [-0.2, 0) is 9.47 Å². The molecule has 0 aromatic heterocycles. The molecule has 1 rings (SSSR count). The first-order valence-corrected chi connectivity index (χ1v) is 3.33. The average Bonchev–Trinajstić information content (AvgIpc) is 2.34. The normalized spacial score (nSPS) is 27.0. The van der Waals surface area contributed by atoms with Gasteiger partial charge in [0, 0.05) is 13.2 Å². The molecule has 0 saturated carbocycles. The van der Waals surface area contributed by atoms with Crippen molar-refractivity contribution in [3.63, 3.8) is 0 Å². The molecular weight excluding hydrogens is 118 g/mol. The Hall–Kier alpha value is -0.120. The highest BCUT2D eigenvalue weighted by molar-refractivity contribution is 4.62. The maximum absolute atomic E-state index is 5.30. The van der Waals surface area contributed by atoms with Gasteiger partial charge in [0.2, 0.25) is 0 Å². The Balaban J connectivity index is 1.98. The van der Waals surface area contributed by atoms with Crippen LogP contribution in [0.4, 0.5) is 0 Å². The Bertz CT molecular complexity index is 71.5. The van der Waals surface area contributed by atoms with Gasteiger partial charge in [-0.15, -0.1) is 0 Å². The highest BCUT2D eigenvalue weighted by atomic mass is 16.5. The molecule has 0 bridgehead atoms. The van der Waals surface area contributed by atoms with Crippen LogP contribution >= 0.6 is 0 Å². The summed E-state index contributed by atoms with van der Waals surface area (Å²) in [5.74, 6) is 0. The number of ether oxygens (including phenoxy) is 2. The lowest BCUT2D eigenvalue weighted by atomic mass is 10.3. The number of hydrogen-bond acceptors (Lipinski definition) is 3. The first kappa shape index (κ1) is 6.99. The van der Waals surface area contributed by atoms with Crippen molar-refractivity contribution < 1.29 is 9.47 Å². The Morgan fingerprint density at radius 1 is 1.67 bits per heavy atom. The second-order valence-corrected chi connectivity index (χ2v) is 2.15. The summed E-state index contributed by atoms with van der Waals surface area (Å²) in [5, 5.41) is 0. The van der Waals surface area contributed by atoms with Crippen LogP contribution in [0.5, 0.6) is 0 Å².